The minimum Gasteiger partial charge on any atom is -0.466 e. The number of carbonyl (C=O) groups excluding carboxylic acids is 4. The van der Waals surface area contributed by atoms with Crippen molar-refractivity contribution in [1.29, 1.82) is 0 Å². The summed E-state index contributed by atoms with van der Waals surface area (Å²) in [5.74, 6) is 1.18. The first-order chi connectivity index (χ1) is 25.8. The number of carbonyl (C=O) groups is 2. The quantitative estimate of drug-likeness (QED) is 0.191. The Balaban J connectivity index is 0.00000209. The molecule has 0 saturated carbocycles. The number of likely N-dealkylation sites (N-methyl/N-ethyl adjacent to an activating group) is 3. The number of piperidine rings is 1. The van der Waals surface area contributed by atoms with Crippen molar-refractivity contribution in [1.82, 2.24) is 29.2 Å². The van der Waals surface area contributed by atoms with Crippen LogP contribution < -0.4 is 9.64 Å². The fourth-order valence-electron chi connectivity index (χ4n) is 6.09. The predicted molar refractivity (Wildman–Crippen MR) is 195 cm³/mol. The monoisotopic (exact) mass is 768 g/mol. The largest absolute Gasteiger partial charge is 0.466 e. The van der Waals surface area contributed by atoms with E-state index in [1.807, 2.05) is 18.0 Å². The Hall–Kier alpha value is -5.22. The lowest BCUT2D eigenvalue weighted by Gasteiger charge is -2.41. The van der Waals surface area contributed by atoms with E-state index >= 15 is 0 Å². The predicted octanol–water partition coefficient (Wildman–Crippen LogP) is 0.591. The summed E-state index contributed by atoms with van der Waals surface area (Å²) in [6, 6.07) is 8.39. The highest BCUT2D eigenvalue weighted by molar-refractivity contribution is 7.80. The van der Waals surface area contributed by atoms with E-state index < -0.39 is 24.6 Å². The van der Waals surface area contributed by atoms with Crippen molar-refractivity contribution in [3.05, 3.63) is 59.8 Å². The number of nitrogens with zero attached hydrogens (tertiary/aromatic N) is 8. The van der Waals surface area contributed by atoms with Gasteiger partial charge in [0.25, 0.3) is 11.7 Å². The van der Waals surface area contributed by atoms with Gasteiger partial charge in [-0.15, -0.1) is 0 Å². The Morgan fingerprint density at radius 1 is 1.07 bits per heavy atom. The van der Waals surface area contributed by atoms with E-state index in [0.29, 0.717) is 48.8 Å². The number of aromatic nitrogens is 3. The molecule has 1 aromatic carbocycles. The van der Waals surface area contributed by atoms with Crippen molar-refractivity contribution < 1.29 is 48.7 Å². The Labute approximate surface area is 317 Å². The van der Waals surface area contributed by atoms with Crippen molar-refractivity contribution in [3.8, 4) is 5.75 Å². The minimum absolute atomic E-state index is 0.0213. The SMILES string of the molecule is O=C=O.[C-]#[N+]CC(=O)N1CC[C@@H](C)[C@@H](N(C)c2ncnc3c2ccn3C(=O)N(C)CCN(C)C(=S)OCc2ccc(O[C@@H]3OC[C@@H](O)[C@H](O)[C@H]3O)cc2)C1. The van der Waals surface area contributed by atoms with Gasteiger partial charge in [-0.25, -0.2) is 21.3 Å². The van der Waals surface area contributed by atoms with Gasteiger partial charge < -0.3 is 54.0 Å². The summed E-state index contributed by atoms with van der Waals surface area (Å²) in [7, 11) is 5.41. The van der Waals surface area contributed by atoms with E-state index in [1.165, 1.54) is 10.9 Å². The molecule has 3 aromatic rings. The molecule has 2 aliphatic heterocycles. The van der Waals surface area contributed by atoms with Gasteiger partial charge in [0.05, 0.1) is 18.0 Å². The number of rotatable bonds is 10. The highest BCUT2D eigenvalue weighted by Crippen LogP contribution is 2.30. The molecule has 3 N–H and O–H groups in total. The Bertz CT molecular complexity index is 1830. The zero-order valence-corrected chi connectivity index (χ0v) is 31.2. The van der Waals surface area contributed by atoms with Crippen LogP contribution in [0.2, 0.25) is 0 Å². The van der Waals surface area contributed by atoms with Crippen LogP contribution >= 0.6 is 12.2 Å². The zero-order chi connectivity index (χ0) is 39.5. The zero-order valence-electron chi connectivity index (χ0n) is 30.3. The van der Waals surface area contributed by atoms with Crippen LogP contribution in [0.25, 0.3) is 15.9 Å². The Kier molecular flexibility index (Phi) is 14.8. The van der Waals surface area contributed by atoms with Gasteiger partial charge in [0.2, 0.25) is 6.29 Å². The van der Waals surface area contributed by atoms with Gasteiger partial charge in [-0.1, -0.05) is 19.1 Å². The van der Waals surface area contributed by atoms with E-state index in [2.05, 4.69) is 21.7 Å². The number of likely N-dealkylation sites (tertiary alicyclic amines) is 1. The molecule has 0 aliphatic carbocycles. The minimum atomic E-state index is -1.39. The first-order valence-corrected chi connectivity index (χ1v) is 17.4. The summed E-state index contributed by atoms with van der Waals surface area (Å²) >= 11 is 5.46. The first-order valence-electron chi connectivity index (χ1n) is 17.0. The molecular weight excluding hydrogens is 724 g/mol. The third-order valence-corrected chi connectivity index (χ3v) is 9.81. The van der Waals surface area contributed by atoms with Crippen LogP contribution in [0.3, 0.4) is 0 Å². The van der Waals surface area contributed by atoms with E-state index in [4.69, 9.17) is 42.6 Å². The fraction of sp³-hybridized carbons (Fsp3) is 0.514. The molecule has 0 spiro atoms. The molecule has 0 bridgehead atoms. The molecule has 2 fully saturated rings. The van der Waals surface area contributed by atoms with E-state index in [0.717, 1.165) is 12.0 Å². The molecule has 2 aromatic heterocycles. The number of aliphatic hydroxyl groups is 3. The van der Waals surface area contributed by atoms with Crippen molar-refractivity contribution in [2.24, 2.45) is 5.92 Å². The third kappa shape index (κ3) is 10.0. The maximum Gasteiger partial charge on any atom is 0.373 e. The van der Waals surface area contributed by atoms with Gasteiger partial charge in [-0.2, -0.15) is 9.59 Å². The van der Waals surface area contributed by atoms with Gasteiger partial charge in [-0.3, -0.25) is 9.36 Å². The maximum atomic E-state index is 13.5. The molecule has 19 heteroatoms. The number of hydrogen-bond donors (Lipinski definition) is 3. The van der Waals surface area contributed by atoms with Gasteiger partial charge in [0.1, 0.15) is 42.8 Å². The van der Waals surface area contributed by atoms with E-state index in [1.54, 1.807) is 59.3 Å². The third-order valence-electron chi connectivity index (χ3n) is 9.38. The van der Waals surface area contributed by atoms with Crippen LogP contribution in [0.1, 0.15) is 18.9 Å². The molecule has 4 heterocycles. The van der Waals surface area contributed by atoms with E-state index in [-0.39, 0.29) is 55.0 Å². The van der Waals surface area contributed by atoms with Crippen LogP contribution in [0, 0.1) is 12.5 Å². The first kappa shape index (κ1) is 41.5. The second-order valence-corrected chi connectivity index (χ2v) is 13.3. The van der Waals surface area contributed by atoms with Crippen LogP contribution in [-0.2, 0) is 30.5 Å². The topological polar surface area (TPSA) is 205 Å². The Morgan fingerprint density at radius 2 is 1.76 bits per heavy atom. The molecule has 5 rings (SSSR count). The van der Waals surface area contributed by atoms with Crippen LogP contribution in [0.15, 0.2) is 42.9 Å². The second-order valence-electron chi connectivity index (χ2n) is 13.0. The number of hydrogen-bond acceptors (Lipinski definition) is 14. The second kappa shape index (κ2) is 19.2. The number of ether oxygens (including phenoxy) is 3. The molecule has 2 saturated heterocycles. The smallest absolute Gasteiger partial charge is 0.373 e. The summed E-state index contributed by atoms with van der Waals surface area (Å²) < 4.78 is 18.2. The standard InChI is InChI=1S/C34H44N8O8S.CO2/c1-21-10-12-41(27(44)16-35-2)17-25(21)40(5)30-24-11-13-42(31(24)37-20-36-30)33(47)38(3)14-15-39(4)34(51)49-18-22-6-8-23(9-7-22)50-32-29(46)28(45)26(43)19-48-32;2-1-3/h6-9,11,13,20-21,25-26,28-29,32,43,45-46H,10,12,14-19H2,1,3-5H3;/t21-,25+,26-,28+,29-,32+;/m1./s1. The maximum absolute atomic E-state index is 13.5. The lowest BCUT2D eigenvalue weighted by molar-refractivity contribution is -0.242. The van der Waals surface area contributed by atoms with Crippen molar-refractivity contribution in [2.75, 3.05) is 65.4 Å². The molecule has 6 atom stereocenters. The van der Waals surface area contributed by atoms with Crippen LogP contribution in [0.4, 0.5) is 10.6 Å². The van der Waals surface area contributed by atoms with Crippen molar-refractivity contribution in [2.45, 2.75) is 50.6 Å². The molecule has 290 valence electrons. The highest BCUT2D eigenvalue weighted by Gasteiger charge is 2.39. The lowest BCUT2D eigenvalue weighted by Crippen LogP contribution is -2.54. The summed E-state index contributed by atoms with van der Waals surface area (Å²) in [5, 5.41) is 30.5. The molecule has 18 nitrogen and oxygen atoms in total. The van der Waals surface area contributed by atoms with E-state index in [9.17, 15) is 24.9 Å². The van der Waals surface area contributed by atoms with Gasteiger partial charge in [0, 0.05) is 53.5 Å². The van der Waals surface area contributed by atoms with Crippen LogP contribution in [-0.4, -0.2) is 159 Å². The van der Waals surface area contributed by atoms with Crippen molar-refractivity contribution >= 4 is 52.3 Å². The number of fused-ring (bicyclic) bond motifs is 1. The van der Waals surface area contributed by atoms with Gasteiger partial charge in [0.15, 0.2) is 5.65 Å². The average Bonchev–Trinajstić information content (AvgIpc) is 3.61. The summed E-state index contributed by atoms with van der Waals surface area (Å²) in [6.45, 7) is 10.9. The summed E-state index contributed by atoms with van der Waals surface area (Å²) in [6.07, 6.45) is -0.874. The molecule has 0 radical (unpaired) electrons. The normalized spacial score (nSPS) is 22.1. The molecule has 2 amide bonds. The average molecular weight is 769 g/mol. The van der Waals surface area contributed by atoms with Crippen molar-refractivity contribution in [3.63, 3.8) is 0 Å². The lowest BCUT2D eigenvalue weighted by atomic mass is 9.92. The summed E-state index contributed by atoms with van der Waals surface area (Å²) in [4.78, 5) is 61.6. The number of amides is 2. The van der Waals surface area contributed by atoms with Gasteiger partial charge in [-0.05, 0) is 48.3 Å². The van der Waals surface area contributed by atoms with Gasteiger partial charge >= 0.3 is 18.1 Å². The number of thiocarbonyl (C=S) groups is 1. The molecule has 2 aliphatic rings. The fourth-order valence-corrected chi connectivity index (χ4v) is 6.24. The van der Waals surface area contributed by atoms with Crippen LogP contribution in [0.5, 0.6) is 5.75 Å². The highest BCUT2D eigenvalue weighted by atomic mass is 32.1. The molecular formula is C35H44N8O10S. The molecule has 0 unspecified atom stereocenters. The number of benzene rings is 1. The summed E-state index contributed by atoms with van der Waals surface area (Å²) in [5.41, 5.74) is 1.27. The number of anilines is 1. The Morgan fingerprint density at radius 3 is 2.44 bits per heavy atom. The number of aliphatic hydroxyl groups excluding tert-OH is 3. The molecule has 54 heavy (non-hydrogen) atoms.